The second-order valence-electron chi connectivity index (χ2n) is 5.03. The fraction of sp³-hybridized carbons (Fsp3) is 0.571. The van der Waals surface area contributed by atoms with Gasteiger partial charge in [-0.05, 0) is 32.5 Å². The van der Waals surface area contributed by atoms with Gasteiger partial charge in [-0.15, -0.1) is 0 Å². The van der Waals surface area contributed by atoms with Crippen LogP contribution in [0, 0.1) is 11.6 Å². The van der Waals surface area contributed by atoms with Crippen LogP contribution in [-0.4, -0.2) is 21.5 Å². The van der Waals surface area contributed by atoms with E-state index in [1.807, 2.05) is 6.92 Å². The number of unbranched alkanes of at least 4 members (excludes halogenated alkanes) is 1. The maximum absolute atomic E-state index is 14.2. The first kappa shape index (κ1) is 18.0. The minimum atomic E-state index is -4.00. The van der Waals surface area contributed by atoms with Gasteiger partial charge in [0.15, 0.2) is 5.82 Å². The summed E-state index contributed by atoms with van der Waals surface area (Å²) in [6, 6.07) is 1.63. The predicted molar refractivity (Wildman–Crippen MR) is 78.4 cm³/mol. The van der Waals surface area contributed by atoms with E-state index < -0.39 is 26.6 Å². The first-order valence-electron chi connectivity index (χ1n) is 6.97. The Morgan fingerprint density at radius 3 is 2.52 bits per heavy atom. The maximum Gasteiger partial charge on any atom is 0.243 e. The van der Waals surface area contributed by atoms with E-state index in [0.29, 0.717) is 6.42 Å². The van der Waals surface area contributed by atoms with Crippen molar-refractivity contribution in [2.45, 2.75) is 50.6 Å². The van der Waals surface area contributed by atoms with Crippen LogP contribution in [0.5, 0.6) is 0 Å². The van der Waals surface area contributed by atoms with Crippen molar-refractivity contribution in [2.24, 2.45) is 0 Å². The van der Waals surface area contributed by atoms with E-state index in [1.54, 1.807) is 6.92 Å². The summed E-state index contributed by atoms with van der Waals surface area (Å²) in [5, 5.41) is 2.62. The molecule has 0 saturated heterocycles. The monoisotopic (exact) mass is 320 g/mol. The van der Waals surface area contributed by atoms with E-state index in [2.05, 4.69) is 10.0 Å². The lowest BCUT2D eigenvalue weighted by Gasteiger charge is -2.15. The SMILES string of the molecule is CCCCC(C)NS(=O)(=O)c1ccc(F)c(CNC)c1F. The molecule has 4 nitrogen and oxygen atoms in total. The van der Waals surface area contributed by atoms with Crippen molar-refractivity contribution >= 4 is 10.0 Å². The number of hydrogen-bond donors (Lipinski definition) is 2. The predicted octanol–water partition coefficient (Wildman–Crippen LogP) is 2.54. The largest absolute Gasteiger partial charge is 0.315 e. The fourth-order valence-electron chi connectivity index (χ4n) is 2.02. The van der Waals surface area contributed by atoms with Gasteiger partial charge in [0.25, 0.3) is 0 Å². The molecule has 0 bridgehead atoms. The third-order valence-electron chi connectivity index (χ3n) is 3.14. The van der Waals surface area contributed by atoms with Gasteiger partial charge in [0.1, 0.15) is 10.7 Å². The molecule has 1 aromatic rings. The van der Waals surface area contributed by atoms with Gasteiger partial charge in [-0.3, -0.25) is 0 Å². The summed E-state index contributed by atoms with van der Waals surface area (Å²) >= 11 is 0. The summed E-state index contributed by atoms with van der Waals surface area (Å²) < 4.78 is 54.6. The van der Waals surface area contributed by atoms with Crippen LogP contribution in [0.2, 0.25) is 0 Å². The summed E-state index contributed by atoms with van der Waals surface area (Å²) in [5.74, 6) is -1.81. The van der Waals surface area contributed by atoms with Gasteiger partial charge >= 0.3 is 0 Å². The van der Waals surface area contributed by atoms with Crippen LogP contribution in [-0.2, 0) is 16.6 Å². The molecule has 0 heterocycles. The number of sulfonamides is 1. The molecule has 0 aliphatic heterocycles. The molecule has 1 aromatic carbocycles. The van der Waals surface area contributed by atoms with Crippen LogP contribution in [0.3, 0.4) is 0 Å². The zero-order valence-electron chi connectivity index (χ0n) is 12.5. The molecule has 0 aromatic heterocycles. The second-order valence-corrected chi connectivity index (χ2v) is 6.72. The van der Waals surface area contributed by atoms with Crippen LogP contribution in [0.4, 0.5) is 8.78 Å². The normalized spacial score (nSPS) is 13.4. The summed E-state index contributed by atoms with van der Waals surface area (Å²) in [5.41, 5.74) is -0.276. The van der Waals surface area contributed by atoms with Crippen LogP contribution in [0.15, 0.2) is 17.0 Å². The van der Waals surface area contributed by atoms with Gasteiger partial charge in [-0.25, -0.2) is 21.9 Å². The van der Waals surface area contributed by atoms with Gasteiger partial charge < -0.3 is 5.32 Å². The van der Waals surface area contributed by atoms with Crippen LogP contribution >= 0.6 is 0 Å². The number of halogens is 2. The summed E-state index contributed by atoms with van der Waals surface area (Å²) in [4.78, 5) is -0.516. The molecule has 1 rings (SSSR count). The molecule has 1 atom stereocenters. The fourth-order valence-corrected chi connectivity index (χ4v) is 3.40. The van der Waals surface area contributed by atoms with Gasteiger partial charge in [-0.1, -0.05) is 19.8 Å². The summed E-state index contributed by atoms with van der Waals surface area (Å²) in [7, 11) is -2.46. The highest BCUT2D eigenvalue weighted by atomic mass is 32.2. The Bertz CT molecular complexity index is 577. The summed E-state index contributed by atoms with van der Waals surface area (Å²) in [6.45, 7) is 3.65. The molecular weight excluding hydrogens is 298 g/mol. The average Bonchev–Trinajstić information content (AvgIpc) is 2.40. The van der Waals surface area contributed by atoms with Crippen molar-refractivity contribution in [3.05, 3.63) is 29.3 Å². The molecule has 0 fully saturated rings. The standard InChI is InChI=1S/C14H22F2N2O2S/c1-4-5-6-10(2)18-21(19,20)13-8-7-12(15)11(9-17-3)14(13)16/h7-8,10,17-18H,4-6,9H2,1-3H3. The molecular formula is C14H22F2N2O2S. The lowest BCUT2D eigenvalue weighted by atomic mass is 10.2. The average molecular weight is 320 g/mol. The molecule has 0 aliphatic carbocycles. The molecule has 0 amide bonds. The highest BCUT2D eigenvalue weighted by Gasteiger charge is 2.24. The zero-order valence-corrected chi connectivity index (χ0v) is 13.4. The number of nitrogens with one attached hydrogen (secondary N) is 2. The molecule has 0 aliphatic rings. The third kappa shape index (κ3) is 4.72. The van der Waals surface area contributed by atoms with E-state index in [9.17, 15) is 17.2 Å². The lowest BCUT2D eigenvalue weighted by Crippen LogP contribution is -2.33. The Morgan fingerprint density at radius 1 is 1.29 bits per heavy atom. The Balaban J connectivity index is 3.06. The smallest absolute Gasteiger partial charge is 0.243 e. The molecule has 21 heavy (non-hydrogen) atoms. The topological polar surface area (TPSA) is 58.2 Å². The quantitative estimate of drug-likeness (QED) is 0.774. The van der Waals surface area contributed by atoms with Gasteiger partial charge in [-0.2, -0.15) is 0 Å². The van der Waals surface area contributed by atoms with Gasteiger partial charge in [0.2, 0.25) is 10.0 Å². The first-order valence-corrected chi connectivity index (χ1v) is 8.45. The zero-order chi connectivity index (χ0) is 16.0. The number of benzene rings is 1. The molecule has 2 N–H and O–H groups in total. The molecule has 7 heteroatoms. The van der Waals surface area contributed by atoms with Crippen molar-refractivity contribution in [1.29, 1.82) is 0 Å². The Kier molecular flexibility index (Phi) is 6.70. The molecule has 0 saturated carbocycles. The molecule has 1 unspecified atom stereocenters. The molecule has 120 valence electrons. The van der Waals surface area contributed by atoms with E-state index in [0.717, 1.165) is 25.0 Å². The van der Waals surface area contributed by atoms with Crippen molar-refractivity contribution in [3.63, 3.8) is 0 Å². The van der Waals surface area contributed by atoms with Crippen molar-refractivity contribution in [1.82, 2.24) is 10.0 Å². The Morgan fingerprint density at radius 2 is 1.95 bits per heavy atom. The van der Waals surface area contributed by atoms with Crippen LogP contribution in [0.1, 0.15) is 38.7 Å². The van der Waals surface area contributed by atoms with Gasteiger partial charge in [0, 0.05) is 18.2 Å². The van der Waals surface area contributed by atoms with E-state index >= 15 is 0 Å². The van der Waals surface area contributed by atoms with Crippen molar-refractivity contribution in [2.75, 3.05) is 7.05 Å². The number of hydrogen-bond acceptors (Lipinski definition) is 3. The maximum atomic E-state index is 14.2. The van der Waals surface area contributed by atoms with Crippen LogP contribution in [0.25, 0.3) is 0 Å². The minimum absolute atomic E-state index is 0.0770. The van der Waals surface area contributed by atoms with E-state index in [4.69, 9.17) is 0 Å². The Labute approximate surface area is 125 Å². The van der Waals surface area contributed by atoms with Gasteiger partial charge in [0.05, 0.1) is 0 Å². The van der Waals surface area contributed by atoms with Crippen molar-refractivity contribution in [3.8, 4) is 0 Å². The summed E-state index contributed by atoms with van der Waals surface area (Å²) in [6.07, 6.45) is 2.49. The minimum Gasteiger partial charge on any atom is -0.315 e. The molecule has 0 spiro atoms. The Hall–Kier alpha value is -1.05. The lowest BCUT2D eigenvalue weighted by molar-refractivity contribution is 0.507. The van der Waals surface area contributed by atoms with E-state index in [-0.39, 0.29) is 18.2 Å². The van der Waals surface area contributed by atoms with Crippen LogP contribution < -0.4 is 10.0 Å². The van der Waals surface area contributed by atoms with E-state index in [1.165, 1.54) is 7.05 Å². The highest BCUT2D eigenvalue weighted by molar-refractivity contribution is 7.89. The first-order chi connectivity index (χ1) is 9.83. The third-order valence-corrected chi connectivity index (χ3v) is 4.75. The molecule has 0 radical (unpaired) electrons. The second kappa shape index (κ2) is 7.82. The highest BCUT2D eigenvalue weighted by Crippen LogP contribution is 2.21. The number of rotatable bonds is 8. The van der Waals surface area contributed by atoms with Crippen molar-refractivity contribution < 1.29 is 17.2 Å².